The molecule has 1 aliphatic rings. The van der Waals surface area contributed by atoms with Crippen molar-refractivity contribution in [3.05, 3.63) is 64.4 Å². The molecule has 25 heavy (non-hydrogen) atoms. The van der Waals surface area contributed by atoms with E-state index >= 15 is 0 Å². The molecule has 0 bridgehead atoms. The lowest BCUT2D eigenvalue weighted by molar-refractivity contribution is -0.127. The number of aryl methyl sites for hydroxylation is 1. The molecule has 0 radical (unpaired) electrons. The minimum Gasteiger partial charge on any atom is -0.381 e. The van der Waals surface area contributed by atoms with Gasteiger partial charge in [0.05, 0.1) is 5.41 Å². The van der Waals surface area contributed by atoms with Crippen molar-refractivity contribution in [1.82, 2.24) is 0 Å². The quantitative estimate of drug-likeness (QED) is 0.805. The standard InChI is InChI=1S/C20H21ClFNO2/c1-14-3-8-17(13-18(14)21)23(2)19(24)20(9-11-25-12-10-20)15-4-6-16(22)7-5-15/h3-8,13H,9-12H2,1-2H3. The number of nitrogens with zero attached hydrogens (tertiary/aromatic N) is 1. The van der Waals surface area contributed by atoms with E-state index in [2.05, 4.69) is 0 Å². The number of hydrogen-bond acceptors (Lipinski definition) is 2. The average molecular weight is 362 g/mol. The highest BCUT2D eigenvalue weighted by Crippen LogP contribution is 2.38. The van der Waals surface area contributed by atoms with Crippen molar-refractivity contribution in [1.29, 1.82) is 0 Å². The van der Waals surface area contributed by atoms with Crippen LogP contribution in [0.25, 0.3) is 0 Å². The van der Waals surface area contributed by atoms with E-state index in [9.17, 15) is 9.18 Å². The Balaban J connectivity index is 1.99. The molecule has 0 unspecified atom stereocenters. The predicted octanol–water partition coefficient (Wildman–Crippen LogP) is 4.50. The number of carbonyl (C=O) groups excluding carboxylic acids is 1. The summed E-state index contributed by atoms with van der Waals surface area (Å²) in [7, 11) is 1.75. The van der Waals surface area contributed by atoms with Crippen LogP contribution in [0.5, 0.6) is 0 Å². The molecule has 1 saturated heterocycles. The van der Waals surface area contributed by atoms with Crippen LogP contribution in [0.15, 0.2) is 42.5 Å². The highest BCUT2D eigenvalue weighted by Gasteiger charge is 2.43. The molecule has 3 nitrogen and oxygen atoms in total. The molecule has 0 aliphatic carbocycles. The van der Waals surface area contributed by atoms with Gasteiger partial charge in [-0.1, -0.05) is 29.8 Å². The van der Waals surface area contributed by atoms with Gasteiger partial charge in [0, 0.05) is 31.0 Å². The van der Waals surface area contributed by atoms with Crippen LogP contribution in [0.2, 0.25) is 5.02 Å². The van der Waals surface area contributed by atoms with E-state index in [0.717, 1.165) is 16.8 Å². The van der Waals surface area contributed by atoms with Crippen LogP contribution in [-0.4, -0.2) is 26.2 Å². The van der Waals surface area contributed by atoms with E-state index in [-0.39, 0.29) is 11.7 Å². The molecular formula is C20H21ClFNO2. The molecule has 0 saturated carbocycles. The zero-order valence-corrected chi connectivity index (χ0v) is 15.1. The molecule has 132 valence electrons. The zero-order valence-electron chi connectivity index (χ0n) is 14.4. The van der Waals surface area contributed by atoms with Gasteiger partial charge < -0.3 is 9.64 Å². The smallest absolute Gasteiger partial charge is 0.237 e. The molecule has 0 spiro atoms. The van der Waals surface area contributed by atoms with Gasteiger partial charge in [-0.05, 0) is 55.2 Å². The van der Waals surface area contributed by atoms with Gasteiger partial charge in [0.1, 0.15) is 5.82 Å². The van der Waals surface area contributed by atoms with Gasteiger partial charge >= 0.3 is 0 Å². The van der Waals surface area contributed by atoms with E-state index < -0.39 is 5.41 Å². The van der Waals surface area contributed by atoms with Crippen LogP contribution < -0.4 is 4.90 Å². The summed E-state index contributed by atoms with van der Waals surface area (Å²) >= 11 is 6.22. The Kier molecular flexibility index (Phi) is 5.11. The van der Waals surface area contributed by atoms with Gasteiger partial charge in [0.25, 0.3) is 0 Å². The fourth-order valence-corrected chi connectivity index (χ4v) is 3.52. The minimum atomic E-state index is -0.710. The van der Waals surface area contributed by atoms with Gasteiger partial charge in [0.2, 0.25) is 5.91 Å². The first-order chi connectivity index (χ1) is 11.9. The second-order valence-electron chi connectivity index (χ2n) is 6.50. The maximum Gasteiger partial charge on any atom is 0.237 e. The van der Waals surface area contributed by atoms with E-state index in [1.54, 1.807) is 30.1 Å². The molecule has 2 aromatic rings. The number of likely N-dealkylation sites (N-methyl/N-ethyl adjacent to an activating group) is 1. The van der Waals surface area contributed by atoms with Gasteiger partial charge in [-0.15, -0.1) is 0 Å². The van der Waals surface area contributed by atoms with Gasteiger partial charge in [0.15, 0.2) is 0 Å². The fourth-order valence-electron chi connectivity index (χ4n) is 3.34. The molecule has 1 heterocycles. The zero-order chi connectivity index (χ0) is 18.0. The highest BCUT2D eigenvalue weighted by atomic mass is 35.5. The second-order valence-corrected chi connectivity index (χ2v) is 6.91. The molecule has 3 rings (SSSR count). The Morgan fingerprint density at radius 1 is 1.16 bits per heavy atom. The van der Waals surface area contributed by atoms with Crippen LogP contribution in [-0.2, 0) is 14.9 Å². The van der Waals surface area contributed by atoms with Gasteiger partial charge in [-0.25, -0.2) is 4.39 Å². The number of anilines is 1. The topological polar surface area (TPSA) is 29.5 Å². The van der Waals surface area contributed by atoms with Crippen molar-refractivity contribution in [2.75, 3.05) is 25.2 Å². The minimum absolute atomic E-state index is 0.0256. The lowest BCUT2D eigenvalue weighted by atomic mass is 9.73. The summed E-state index contributed by atoms with van der Waals surface area (Å²) < 4.78 is 18.8. The number of rotatable bonds is 3. The summed E-state index contributed by atoms with van der Waals surface area (Å²) in [4.78, 5) is 15.1. The first kappa shape index (κ1) is 17.9. The molecule has 1 amide bonds. The molecule has 5 heteroatoms. The Bertz CT molecular complexity index is 770. The molecule has 0 aromatic heterocycles. The maximum atomic E-state index is 13.4. The number of halogens is 2. The van der Waals surface area contributed by atoms with Crippen molar-refractivity contribution in [2.45, 2.75) is 25.2 Å². The monoisotopic (exact) mass is 361 g/mol. The Morgan fingerprint density at radius 2 is 1.80 bits per heavy atom. The van der Waals surface area contributed by atoms with Crippen molar-refractivity contribution in [2.24, 2.45) is 0 Å². The number of amides is 1. The third kappa shape index (κ3) is 3.42. The van der Waals surface area contributed by atoms with Gasteiger partial charge in [-0.2, -0.15) is 0 Å². The molecule has 1 aliphatic heterocycles. The molecule has 0 atom stereocenters. The largest absolute Gasteiger partial charge is 0.381 e. The van der Waals surface area contributed by atoms with Crippen molar-refractivity contribution in [3.8, 4) is 0 Å². The summed E-state index contributed by atoms with van der Waals surface area (Å²) in [5, 5.41) is 0.625. The second kappa shape index (κ2) is 7.14. The SMILES string of the molecule is Cc1ccc(N(C)C(=O)C2(c3ccc(F)cc3)CCOCC2)cc1Cl. The normalized spacial score (nSPS) is 16.5. The number of carbonyl (C=O) groups is 1. The number of ether oxygens (including phenoxy) is 1. The van der Waals surface area contributed by atoms with Crippen LogP contribution in [0.4, 0.5) is 10.1 Å². The molecule has 1 fully saturated rings. The molecular weight excluding hydrogens is 341 g/mol. The van der Waals surface area contributed by atoms with Crippen LogP contribution in [0, 0.1) is 12.7 Å². The summed E-state index contributed by atoms with van der Waals surface area (Å²) in [5.41, 5.74) is 1.82. The Morgan fingerprint density at radius 3 is 2.40 bits per heavy atom. The Labute approximate surface area is 152 Å². The van der Waals surface area contributed by atoms with Gasteiger partial charge in [-0.3, -0.25) is 4.79 Å². The third-order valence-corrected chi connectivity index (χ3v) is 5.41. The van der Waals surface area contributed by atoms with E-state index in [0.29, 0.717) is 31.1 Å². The summed E-state index contributed by atoms with van der Waals surface area (Å²) in [6.45, 7) is 2.93. The molecule has 0 N–H and O–H groups in total. The van der Waals surface area contributed by atoms with E-state index in [1.165, 1.54) is 12.1 Å². The van der Waals surface area contributed by atoms with E-state index in [1.807, 2.05) is 19.1 Å². The van der Waals surface area contributed by atoms with Crippen molar-refractivity contribution >= 4 is 23.2 Å². The van der Waals surface area contributed by atoms with Crippen molar-refractivity contribution < 1.29 is 13.9 Å². The number of hydrogen-bond donors (Lipinski definition) is 0. The lowest BCUT2D eigenvalue weighted by Crippen LogP contribution is -2.48. The number of benzene rings is 2. The summed E-state index contributed by atoms with van der Waals surface area (Å²) in [5.74, 6) is -0.334. The van der Waals surface area contributed by atoms with Crippen molar-refractivity contribution in [3.63, 3.8) is 0 Å². The molecule has 2 aromatic carbocycles. The average Bonchev–Trinajstić information content (AvgIpc) is 2.64. The van der Waals surface area contributed by atoms with Crippen LogP contribution in [0.1, 0.15) is 24.0 Å². The predicted molar refractivity (Wildman–Crippen MR) is 97.7 cm³/mol. The van der Waals surface area contributed by atoms with E-state index in [4.69, 9.17) is 16.3 Å². The summed E-state index contributed by atoms with van der Waals surface area (Å²) in [6.07, 6.45) is 1.14. The fraction of sp³-hybridized carbons (Fsp3) is 0.350. The summed E-state index contributed by atoms with van der Waals surface area (Å²) in [6, 6.07) is 11.8. The first-order valence-corrected chi connectivity index (χ1v) is 8.70. The third-order valence-electron chi connectivity index (χ3n) is 5.00. The Hall–Kier alpha value is -1.91. The first-order valence-electron chi connectivity index (χ1n) is 8.32. The van der Waals surface area contributed by atoms with Crippen LogP contribution in [0.3, 0.4) is 0 Å². The lowest BCUT2D eigenvalue weighted by Gasteiger charge is -2.39. The highest BCUT2D eigenvalue weighted by molar-refractivity contribution is 6.31. The maximum absolute atomic E-state index is 13.4. The van der Waals surface area contributed by atoms with Crippen LogP contribution >= 0.6 is 11.6 Å².